The molecule has 1 heterocycles. The molecule has 124 valence electrons. The molecule has 2 unspecified atom stereocenters. The third-order valence-corrected chi connectivity index (χ3v) is 4.67. The van der Waals surface area contributed by atoms with Crippen LogP contribution in [0.15, 0.2) is 30.3 Å². The number of aliphatic hydroxyl groups excluding tert-OH is 1. The number of benzene rings is 1. The van der Waals surface area contributed by atoms with Gasteiger partial charge >= 0.3 is 0 Å². The first-order chi connectivity index (χ1) is 10.6. The van der Waals surface area contributed by atoms with Crippen molar-refractivity contribution in [3.63, 3.8) is 0 Å². The smallest absolute Gasteiger partial charge is 0.0793 e. The lowest BCUT2D eigenvalue weighted by molar-refractivity contribution is 0.0507. The first kappa shape index (κ1) is 17.4. The summed E-state index contributed by atoms with van der Waals surface area (Å²) in [6.07, 6.45) is 0.771. The molecule has 1 aliphatic rings. The van der Waals surface area contributed by atoms with Gasteiger partial charge in [-0.15, -0.1) is 0 Å². The minimum atomic E-state index is -0.286. The van der Waals surface area contributed by atoms with Crippen LogP contribution in [-0.2, 0) is 0 Å². The number of rotatable bonds is 7. The fourth-order valence-corrected chi connectivity index (χ4v) is 3.32. The minimum Gasteiger partial charge on any atom is -0.390 e. The number of hydrogen-bond acceptors (Lipinski definition) is 4. The van der Waals surface area contributed by atoms with Crippen molar-refractivity contribution in [2.45, 2.75) is 25.5 Å². The highest BCUT2D eigenvalue weighted by atomic mass is 16.3. The lowest BCUT2D eigenvalue weighted by atomic mass is 10.0. The highest BCUT2D eigenvalue weighted by Gasteiger charge is 2.21. The van der Waals surface area contributed by atoms with Crippen molar-refractivity contribution >= 4 is 0 Å². The summed E-state index contributed by atoms with van der Waals surface area (Å²) in [4.78, 5) is 7.01. The normalized spacial score (nSPS) is 20.2. The average molecular weight is 305 g/mol. The molecule has 1 aromatic carbocycles. The number of piperazine rings is 1. The largest absolute Gasteiger partial charge is 0.390 e. The second kappa shape index (κ2) is 8.63. The Morgan fingerprint density at radius 3 is 2.36 bits per heavy atom. The lowest BCUT2D eigenvalue weighted by Gasteiger charge is -2.35. The maximum absolute atomic E-state index is 10.4. The molecule has 1 aromatic rings. The molecule has 2 rings (SSSR count). The van der Waals surface area contributed by atoms with Gasteiger partial charge in [0.05, 0.1) is 6.10 Å². The molecule has 0 bridgehead atoms. The van der Waals surface area contributed by atoms with Crippen molar-refractivity contribution in [2.24, 2.45) is 0 Å². The van der Waals surface area contributed by atoms with E-state index in [1.807, 2.05) is 0 Å². The molecule has 2 atom stereocenters. The van der Waals surface area contributed by atoms with E-state index >= 15 is 0 Å². The van der Waals surface area contributed by atoms with Gasteiger partial charge < -0.3 is 10.0 Å². The molecule has 0 spiro atoms. The second-order valence-electron chi connectivity index (χ2n) is 6.53. The third-order valence-electron chi connectivity index (χ3n) is 4.67. The number of likely N-dealkylation sites (N-methyl/N-ethyl adjacent to an activating group) is 2. The van der Waals surface area contributed by atoms with E-state index in [1.54, 1.807) is 0 Å². The maximum Gasteiger partial charge on any atom is 0.0793 e. The molecule has 0 radical (unpaired) electrons. The first-order valence-corrected chi connectivity index (χ1v) is 8.44. The Kier molecular flexibility index (Phi) is 6.83. The van der Waals surface area contributed by atoms with E-state index in [4.69, 9.17) is 0 Å². The van der Waals surface area contributed by atoms with E-state index in [0.717, 1.165) is 45.7 Å². The topological polar surface area (TPSA) is 30.0 Å². The summed E-state index contributed by atoms with van der Waals surface area (Å²) in [6.45, 7) is 8.04. The van der Waals surface area contributed by atoms with Gasteiger partial charge in [-0.3, -0.25) is 9.80 Å². The zero-order chi connectivity index (χ0) is 15.9. The monoisotopic (exact) mass is 305 g/mol. The molecular weight excluding hydrogens is 274 g/mol. The molecule has 1 saturated heterocycles. The van der Waals surface area contributed by atoms with Crippen molar-refractivity contribution in [3.05, 3.63) is 35.9 Å². The van der Waals surface area contributed by atoms with Crippen molar-refractivity contribution in [2.75, 3.05) is 53.4 Å². The van der Waals surface area contributed by atoms with E-state index in [0.29, 0.717) is 6.04 Å². The molecular formula is C18H31N3O. The Labute approximate surface area is 135 Å². The van der Waals surface area contributed by atoms with Gasteiger partial charge in [0.15, 0.2) is 0 Å². The molecule has 0 amide bonds. The summed E-state index contributed by atoms with van der Waals surface area (Å²) in [5.41, 5.74) is 1.33. The van der Waals surface area contributed by atoms with Gasteiger partial charge in [0.1, 0.15) is 0 Å². The molecule has 1 aliphatic heterocycles. The standard InChI is InChI=1S/C18H31N3O/c1-4-18(16-8-6-5-7-9-16)20(3)14-17(22)15-21-12-10-19(2)11-13-21/h5-9,17-18,22H,4,10-15H2,1-3H3. The second-order valence-corrected chi connectivity index (χ2v) is 6.53. The fraction of sp³-hybridized carbons (Fsp3) is 0.667. The molecule has 1 fully saturated rings. The number of β-amino-alcohol motifs (C(OH)–C–C–N with tert-alkyl or cyclic N) is 1. The van der Waals surface area contributed by atoms with Crippen LogP contribution in [0.3, 0.4) is 0 Å². The Morgan fingerprint density at radius 2 is 1.77 bits per heavy atom. The SMILES string of the molecule is CCC(c1ccccc1)N(C)CC(O)CN1CCN(C)CC1. The van der Waals surface area contributed by atoms with Gasteiger partial charge in [0.25, 0.3) is 0 Å². The van der Waals surface area contributed by atoms with Gasteiger partial charge in [-0.25, -0.2) is 0 Å². The van der Waals surface area contributed by atoms with E-state index in [9.17, 15) is 5.11 Å². The van der Waals surface area contributed by atoms with Crippen LogP contribution < -0.4 is 0 Å². The predicted octanol–water partition coefficient (Wildman–Crippen LogP) is 1.68. The fourth-order valence-electron chi connectivity index (χ4n) is 3.32. The van der Waals surface area contributed by atoms with E-state index < -0.39 is 0 Å². The third kappa shape index (κ3) is 5.06. The molecule has 4 nitrogen and oxygen atoms in total. The van der Waals surface area contributed by atoms with E-state index in [2.05, 4.69) is 66.1 Å². The highest BCUT2D eigenvalue weighted by molar-refractivity contribution is 5.18. The summed E-state index contributed by atoms with van der Waals surface area (Å²) >= 11 is 0. The molecule has 0 saturated carbocycles. The zero-order valence-corrected chi connectivity index (χ0v) is 14.3. The van der Waals surface area contributed by atoms with Gasteiger partial charge in [-0.05, 0) is 26.1 Å². The van der Waals surface area contributed by atoms with Crippen molar-refractivity contribution in [1.29, 1.82) is 0 Å². The molecule has 0 aliphatic carbocycles. The highest BCUT2D eigenvalue weighted by Crippen LogP contribution is 2.22. The van der Waals surface area contributed by atoms with Crippen LogP contribution in [0.2, 0.25) is 0 Å². The van der Waals surface area contributed by atoms with Crippen molar-refractivity contribution < 1.29 is 5.11 Å². The average Bonchev–Trinajstić information content (AvgIpc) is 2.51. The van der Waals surface area contributed by atoms with Gasteiger partial charge in [0, 0.05) is 45.3 Å². The molecule has 22 heavy (non-hydrogen) atoms. The van der Waals surface area contributed by atoms with Crippen LogP contribution in [0.4, 0.5) is 0 Å². The quantitative estimate of drug-likeness (QED) is 0.830. The molecule has 4 heteroatoms. The molecule has 0 aromatic heterocycles. The van der Waals surface area contributed by atoms with Crippen molar-refractivity contribution in [1.82, 2.24) is 14.7 Å². The number of hydrogen-bond donors (Lipinski definition) is 1. The number of nitrogens with zero attached hydrogens (tertiary/aromatic N) is 3. The van der Waals surface area contributed by atoms with Gasteiger partial charge in [0.2, 0.25) is 0 Å². The van der Waals surface area contributed by atoms with E-state index in [1.165, 1.54) is 5.56 Å². The van der Waals surface area contributed by atoms with Gasteiger partial charge in [-0.2, -0.15) is 0 Å². The summed E-state index contributed by atoms with van der Waals surface area (Å²) in [7, 11) is 4.28. The van der Waals surface area contributed by atoms with Crippen LogP contribution in [0.5, 0.6) is 0 Å². The van der Waals surface area contributed by atoms with Crippen LogP contribution in [-0.4, -0.2) is 79.3 Å². The minimum absolute atomic E-state index is 0.286. The predicted molar refractivity (Wildman–Crippen MR) is 92.0 cm³/mol. The zero-order valence-electron chi connectivity index (χ0n) is 14.3. The Bertz CT molecular complexity index is 418. The summed E-state index contributed by atoms with van der Waals surface area (Å²) < 4.78 is 0. The molecule has 1 N–H and O–H groups in total. The van der Waals surface area contributed by atoms with Crippen LogP contribution >= 0.6 is 0 Å². The van der Waals surface area contributed by atoms with Crippen molar-refractivity contribution in [3.8, 4) is 0 Å². The Morgan fingerprint density at radius 1 is 1.14 bits per heavy atom. The Balaban J connectivity index is 1.83. The number of aliphatic hydroxyl groups is 1. The first-order valence-electron chi connectivity index (χ1n) is 8.44. The van der Waals surface area contributed by atoms with Crippen LogP contribution in [0, 0.1) is 0 Å². The van der Waals surface area contributed by atoms with Crippen LogP contribution in [0.25, 0.3) is 0 Å². The lowest BCUT2D eigenvalue weighted by Crippen LogP contribution is -2.48. The van der Waals surface area contributed by atoms with Gasteiger partial charge in [-0.1, -0.05) is 37.3 Å². The summed E-state index contributed by atoms with van der Waals surface area (Å²) in [5, 5.41) is 10.4. The summed E-state index contributed by atoms with van der Waals surface area (Å²) in [5.74, 6) is 0. The maximum atomic E-state index is 10.4. The summed E-state index contributed by atoms with van der Waals surface area (Å²) in [6, 6.07) is 11.0. The Hall–Kier alpha value is -0.940. The van der Waals surface area contributed by atoms with E-state index in [-0.39, 0.29) is 6.10 Å². The van der Waals surface area contributed by atoms with Crippen LogP contribution in [0.1, 0.15) is 24.9 Å².